The van der Waals surface area contributed by atoms with Gasteiger partial charge in [0.1, 0.15) is 0 Å². The summed E-state index contributed by atoms with van der Waals surface area (Å²) in [7, 11) is 3.04. The van der Waals surface area contributed by atoms with Crippen LogP contribution in [0.2, 0.25) is 0 Å². The van der Waals surface area contributed by atoms with Crippen LogP contribution in [0, 0.1) is 0 Å². The van der Waals surface area contributed by atoms with Gasteiger partial charge in [-0.3, -0.25) is 9.63 Å². The molecule has 0 saturated heterocycles. The zero-order valence-corrected chi connectivity index (χ0v) is 9.09. The van der Waals surface area contributed by atoms with Gasteiger partial charge < -0.3 is 0 Å². The predicted octanol–water partition coefficient (Wildman–Crippen LogP) is 1.66. The number of rotatable bonds is 6. The molecule has 0 heterocycles. The fourth-order valence-electron chi connectivity index (χ4n) is 0.879. The zero-order chi connectivity index (χ0) is 10.3. The highest BCUT2D eigenvalue weighted by Crippen LogP contribution is 2.10. The second-order valence-corrected chi connectivity index (χ2v) is 3.38. The fourth-order valence-corrected chi connectivity index (χ4v) is 1.22. The van der Waals surface area contributed by atoms with Crippen molar-refractivity contribution in [3.63, 3.8) is 0 Å². The number of amides is 1. The monoisotopic (exact) mass is 203 g/mol. The van der Waals surface area contributed by atoms with E-state index in [0.29, 0.717) is 0 Å². The van der Waals surface area contributed by atoms with Gasteiger partial charge in [-0.05, 0) is 19.3 Å². The van der Waals surface area contributed by atoms with E-state index in [-0.39, 0.29) is 11.2 Å². The summed E-state index contributed by atoms with van der Waals surface area (Å²) < 4.78 is 0. The molecule has 1 unspecified atom stereocenters. The Bertz CT molecular complexity index is 173. The average Bonchev–Trinajstić information content (AvgIpc) is 2.15. The van der Waals surface area contributed by atoms with Gasteiger partial charge in [-0.15, -0.1) is 6.58 Å². The average molecular weight is 203 g/mol. The molecule has 0 bridgehead atoms. The van der Waals surface area contributed by atoms with Crippen LogP contribution >= 0.6 is 12.6 Å². The molecule has 76 valence electrons. The van der Waals surface area contributed by atoms with E-state index in [2.05, 4.69) is 19.2 Å². The molecule has 3 nitrogen and oxygen atoms in total. The fraction of sp³-hybridized carbons (Fsp3) is 0.667. The van der Waals surface area contributed by atoms with Gasteiger partial charge in [0.2, 0.25) is 0 Å². The first-order valence-corrected chi connectivity index (χ1v) is 4.75. The second-order valence-electron chi connectivity index (χ2n) is 2.75. The summed E-state index contributed by atoms with van der Waals surface area (Å²) >= 11 is 4.19. The van der Waals surface area contributed by atoms with E-state index in [0.717, 1.165) is 19.3 Å². The van der Waals surface area contributed by atoms with E-state index >= 15 is 0 Å². The number of nitrogens with zero attached hydrogens (tertiary/aromatic N) is 1. The summed E-state index contributed by atoms with van der Waals surface area (Å²) in [4.78, 5) is 16.1. The number of hydrogen-bond donors (Lipinski definition) is 1. The van der Waals surface area contributed by atoms with Gasteiger partial charge in [0.15, 0.2) is 0 Å². The quantitative estimate of drug-likeness (QED) is 0.308. The highest BCUT2D eigenvalue weighted by Gasteiger charge is 2.17. The number of hydrogen-bond acceptors (Lipinski definition) is 3. The number of thiol groups is 1. The van der Waals surface area contributed by atoms with E-state index in [1.165, 1.54) is 12.2 Å². The lowest BCUT2D eigenvalue weighted by molar-refractivity contribution is -0.168. The van der Waals surface area contributed by atoms with Crippen LogP contribution in [0.25, 0.3) is 0 Å². The molecule has 0 fully saturated rings. The van der Waals surface area contributed by atoms with Crippen molar-refractivity contribution < 1.29 is 9.63 Å². The largest absolute Gasteiger partial charge is 0.275 e. The molecule has 4 heteroatoms. The first-order valence-electron chi connectivity index (χ1n) is 4.24. The van der Waals surface area contributed by atoms with Gasteiger partial charge >= 0.3 is 0 Å². The minimum atomic E-state index is -0.273. The molecule has 0 N–H and O–H groups in total. The summed E-state index contributed by atoms with van der Waals surface area (Å²) in [6, 6.07) is 0. The van der Waals surface area contributed by atoms with E-state index in [1.807, 2.05) is 6.08 Å². The summed E-state index contributed by atoms with van der Waals surface area (Å²) in [5.74, 6) is -0.102. The van der Waals surface area contributed by atoms with Crippen LogP contribution in [-0.2, 0) is 9.63 Å². The van der Waals surface area contributed by atoms with Gasteiger partial charge in [0, 0.05) is 7.05 Å². The Morgan fingerprint density at radius 3 is 2.85 bits per heavy atom. The Kier molecular flexibility index (Phi) is 6.72. The molecular weight excluding hydrogens is 186 g/mol. The Morgan fingerprint density at radius 2 is 2.38 bits per heavy atom. The van der Waals surface area contributed by atoms with Gasteiger partial charge in [-0.2, -0.15) is 12.6 Å². The maximum absolute atomic E-state index is 11.4. The summed E-state index contributed by atoms with van der Waals surface area (Å²) in [5.41, 5.74) is 0. The highest BCUT2D eigenvalue weighted by molar-refractivity contribution is 7.81. The van der Waals surface area contributed by atoms with Crippen LogP contribution in [0.5, 0.6) is 0 Å². The highest BCUT2D eigenvalue weighted by atomic mass is 32.1. The number of carbonyl (C=O) groups is 1. The second kappa shape index (κ2) is 6.97. The molecule has 1 atom stereocenters. The van der Waals surface area contributed by atoms with Crippen molar-refractivity contribution in [2.24, 2.45) is 0 Å². The maximum Gasteiger partial charge on any atom is 0.258 e. The predicted molar refractivity (Wildman–Crippen MR) is 56.6 cm³/mol. The Hall–Kier alpha value is -0.480. The van der Waals surface area contributed by atoms with Crippen LogP contribution < -0.4 is 0 Å². The topological polar surface area (TPSA) is 29.5 Å². The molecule has 0 aromatic carbocycles. The summed E-state index contributed by atoms with van der Waals surface area (Å²) in [5, 5.41) is 0.927. The van der Waals surface area contributed by atoms with Crippen LogP contribution in [-0.4, -0.2) is 30.4 Å². The molecular formula is C9H17NO2S. The molecule has 0 saturated carbocycles. The minimum absolute atomic E-state index is 0.102. The van der Waals surface area contributed by atoms with E-state index in [9.17, 15) is 4.79 Å². The smallest absolute Gasteiger partial charge is 0.258 e. The lowest BCUT2D eigenvalue weighted by Crippen LogP contribution is -2.32. The summed E-state index contributed by atoms with van der Waals surface area (Å²) in [6.07, 6.45) is 4.44. The van der Waals surface area contributed by atoms with E-state index < -0.39 is 0 Å². The normalized spacial score (nSPS) is 12.2. The number of carbonyl (C=O) groups excluding carboxylic acids is 1. The molecule has 0 radical (unpaired) electrons. The number of allylic oxidation sites excluding steroid dienone is 1. The van der Waals surface area contributed by atoms with Crippen LogP contribution in [0.15, 0.2) is 12.7 Å². The van der Waals surface area contributed by atoms with Crippen molar-refractivity contribution in [3.8, 4) is 0 Å². The molecule has 0 spiro atoms. The Balaban J connectivity index is 3.75. The molecule has 0 aliphatic heterocycles. The first kappa shape index (κ1) is 12.5. The molecule has 0 aliphatic rings. The molecule has 0 rings (SSSR count). The van der Waals surface area contributed by atoms with E-state index in [4.69, 9.17) is 4.84 Å². The van der Waals surface area contributed by atoms with Gasteiger partial charge in [-0.25, -0.2) is 5.06 Å². The standard InChI is InChI=1S/C9H17NO2S/c1-4-5-6-7-8(13)9(11)10(2)12-3/h4,8,13H,1,5-7H2,2-3H3. The van der Waals surface area contributed by atoms with Crippen LogP contribution in [0.1, 0.15) is 19.3 Å². The Morgan fingerprint density at radius 1 is 1.77 bits per heavy atom. The maximum atomic E-state index is 11.4. The molecule has 0 aliphatic carbocycles. The molecule has 1 amide bonds. The lowest BCUT2D eigenvalue weighted by atomic mass is 10.2. The van der Waals surface area contributed by atoms with Crippen molar-refractivity contribution in [2.45, 2.75) is 24.5 Å². The third kappa shape index (κ3) is 4.95. The third-order valence-corrected chi connectivity index (χ3v) is 2.23. The van der Waals surface area contributed by atoms with Gasteiger partial charge in [0.25, 0.3) is 5.91 Å². The zero-order valence-electron chi connectivity index (χ0n) is 8.19. The minimum Gasteiger partial charge on any atom is -0.275 e. The van der Waals surface area contributed by atoms with Crippen LogP contribution in [0.3, 0.4) is 0 Å². The van der Waals surface area contributed by atoms with Crippen molar-refractivity contribution in [1.82, 2.24) is 5.06 Å². The van der Waals surface area contributed by atoms with Gasteiger partial charge in [0.05, 0.1) is 12.4 Å². The molecule has 0 aromatic rings. The SMILES string of the molecule is C=CCCCC(S)C(=O)N(C)OC. The van der Waals surface area contributed by atoms with E-state index in [1.54, 1.807) is 7.05 Å². The van der Waals surface area contributed by atoms with Crippen LogP contribution in [0.4, 0.5) is 0 Å². The van der Waals surface area contributed by atoms with Gasteiger partial charge in [-0.1, -0.05) is 6.08 Å². The van der Waals surface area contributed by atoms with Crippen molar-refractivity contribution >= 4 is 18.5 Å². The molecule has 0 aromatic heterocycles. The van der Waals surface area contributed by atoms with Crippen molar-refractivity contribution in [2.75, 3.05) is 14.2 Å². The van der Waals surface area contributed by atoms with Crippen molar-refractivity contribution in [1.29, 1.82) is 0 Å². The number of hydroxylamine groups is 2. The summed E-state index contributed by atoms with van der Waals surface area (Å²) in [6.45, 7) is 3.61. The van der Waals surface area contributed by atoms with Crippen molar-refractivity contribution in [3.05, 3.63) is 12.7 Å². The number of unbranched alkanes of at least 4 members (excludes halogenated alkanes) is 1. The third-order valence-electron chi connectivity index (χ3n) is 1.76. The molecule has 13 heavy (non-hydrogen) atoms. The lowest BCUT2D eigenvalue weighted by Gasteiger charge is -2.17. The first-order chi connectivity index (χ1) is 6.13. The Labute approximate surface area is 85.1 Å².